The molecule has 1 saturated heterocycles. The molecule has 1 heterocycles. The lowest BCUT2D eigenvalue weighted by atomic mass is 9.89. The predicted molar refractivity (Wildman–Crippen MR) is 94.0 cm³/mol. The minimum absolute atomic E-state index is 0.106. The van der Waals surface area contributed by atoms with Crippen molar-refractivity contribution >= 4 is 22.6 Å². The number of hydrogen-bond donors (Lipinski definition) is 2. The molecule has 3 N–H and O–H groups in total. The molecule has 2 aromatic carbocycles. The maximum absolute atomic E-state index is 12.4. The van der Waals surface area contributed by atoms with E-state index in [0.717, 1.165) is 10.8 Å². The van der Waals surface area contributed by atoms with Gasteiger partial charge in [0.1, 0.15) is 5.75 Å². The summed E-state index contributed by atoms with van der Waals surface area (Å²) in [7, 11) is 0. The average molecular weight is 342 g/mol. The maximum Gasteiger partial charge on any atom is 0.260 e. The molecule has 132 valence electrons. The van der Waals surface area contributed by atoms with Crippen molar-refractivity contribution in [1.29, 1.82) is 0 Å². The first kappa shape index (κ1) is 17.2. The summed E-state index contributed by atoms with van der Waals surface area (Å²) in [6, 6.07) is 13.6. The molecule has 3 rings (SSSR count). The number of fused-ring (bicyclic) bond motifs is 1. The van der Waals surface area contributed by atoms with Gasteiger partial charge in [0.25, 0.3) is 5.91 Å². The summed E-state index contributed by atoms with van der Waals surface area (Å²) in [5.41, 5.74) is 3.95. The molecule has 0 radical (unpaired) electrons. The first-order valence-electron chi connectivity index (χ1n) is 8.35. The number of ether oxygens (including phenoxy) is 1. The molecule has 1 aliphatic heterocycles. The van der Waals surface area contributed by atoms with E-state index < -0.39 is 11.5 Å². The van der Waals surface area contributed by atoms with Crippen molar-refractivity contribution in [3.8, 4) is 5.75 Å². The second kappa shape index (κ2) is 7.11. The fraction of sp³-hybridized carbons (Fsp3) is 0.368. The number of amides is 2. The fourth-order valence-corrected chi connectivity index (χ4v) is 3.29. The van der Waals surface area contributed by atoms with Crippen LogP contribution in [0.2, 0.25) is 0 Å². The van der Waals surface area contributed by atoms with Crippen LogP contribution >= 0.6 is 0 Å². The highest BCUT2D eigenvalue weighted by molar-refractivity contribution is 5.84. The largest absolute Gasteiger partial charge is 0.484 e. The van der Waals surface area contributed by atoms with E-state index in [1.165, 1.54) is 4.90 Å². The van der Waals surface area contributed by atoms with E-state index >= 15 is 0 Å². The summed E-state index contributed by atoms with van der Waals surface area (Å²) in [6.07, 6.45) is 0.957. The zero-order chi connectivity index (χ0) is 17.9. The number of aliphatic hydroxyl groups is 1. The third-order valence-electron chi connectivity index (χ3n) is 4.49. The smallest absolute Gasteiger partial charge is 0.260 e. The number of nitrogens with zero attached hydrogens (tertiary/aromatic N) is 1. The van der Waals surface area contributed by atoms with Gasteiger partial charge < -0.3 is 20.5 Å². The van der Waals surface area contributed by atoms with Crippen LogP contribution < -0.4 is 10.5 Å². The first-order valence-corrected chi connectivity index (χ1v) is 8.35. The molecule has 1 fully saturated rings. The number of likely N-dealkylation sites (tertiary alicyclic amines) is 1. The van der Waals surface area contributed by atoms with Crippen LogP contribution in [0.5, 0.6) is 5.75 Å². The SMILES string of the molecule is NC(=O)CC1(O)CCCN(C(=O)COc2ccc3ccccc3c2)C1. The predicted octanol–water partition coefficient (Wildman–Crippen LogP) is 1.45. The van der Waals surface area contributed by atoms with Crippen molar-refractivity contribution in [3.63, 3.8) is 0 Å². The van der Waals surface area contributed by atoms with Gasteiger partial charge in [0.2, 0.25) is 5.91 Å². The molecule has 1 unspecified atom stereocenters. The number of hydrogen-bond acceptors (Lipinski definition) is 4. The van der Waals surface area contributed by atoms with Gasteiger partial charge in [-0.1, -0.05) is 30.3 Å². The van der Waals surface area contributed by atoms with Crippen LogP contribution in [0.15, 0.2) is 42.5 Å². The Morgan fingerprint density at radius 2 is 1.96 bits per heavy atom. The third-order valence-corrected chi connectivity index (χ3v) is 4.49. The van der Waals surface area contributed by atoms with Crippen molar-refractivity contribution in [1.82, 2.24) is 4.90 Å². The van der Waals surface area contributed by atoms with Gasteiger partial charge in [-0.15, -0.1) is 0 Å². The number of rotatable bonds is 5. The molecule has 2 amide bonds. The second-order valence-electron chi connectivity index (χ2n) is 6.58. The summed E-state index contributed by atoms with van der Waals surface area (Å²) >= 11 is 0. The van der Waals surface area contributed by atoms with E-state index in [9.17, 15) is 14.7 Å². The van der Waals surface area contributed by atoms with Gasteiger partial charge in [0.05, 0.1) is 12.0 Å². The molecule has 0 saturated carbocycles. The second-order valence-corrected chi connectivity index (χ2v) is 6.58. The van der Waals surface area contributed by atoms with Crippen molar-refractivity contribution in [2.75, 3.05) is 19.7 Å². The van der Waals surface area contributed by atoms with E-state index in [0.29, 0.717) is 25.1 Å². The molecule has 6 nitrogen and oxygen atoms in total. The Bertz CT molecular complexity index is 792. The van der Waals surface area contributed by atoms with Crippen LogP contribution in [0.4, 0.5) is 0 Å². The van der Waals surface area contributed by atoms with Crippen molar-refractivity contribution < 1.29 is 19.4 Å². The number of carbonyl (C=O) groups is 2. The molecule has 0 aliphatic carbocycles. The molecule has 25 heavy (non-hydrogen) atoms. The van der Waals surface area contributed by atoms with E-state index in [-0.39, 0.29) is 25.5 Å². The van der Waals surface area contributed by atoms with Crippen LogP contribution in [0.1, 0.15) is 19.3 Å². The molecular formula is C19H22N2O4. The summed E-state index contributed by atoms with van der Waals surface area (Å²) in [6.45, 7) is 0.543. The summed E-state index contributed by atoms with van der Waals surface area (Å²) < 4.78 is 5.61. The highest BCUT2D eigenvalue weighted by Crippen LogP contribution is 2.25. The van der Waals surface area contributed by atoms with Gasteiger partial charge in [-0.25, -0.2) is 0 Å². The van der Waals surface area contributed by atoms with E-state index in [2.05, 4.69) is 0 Å². The molecule has 1 atom stereocenters. The van der Waals surface area contributed by atoms with Gasteiger partial charge in [-0.05, 0) is 35.7 Å². The minimum Gasteiger partial charge on any atom is -0.484 e. The highest BCUT2D eigenvalue weighted by atomic mass is 16.5. The van der Waals surface area contributed by atoms with Crippen LogP contribution in [-0.4, -0.2) is 47.1 Å². The van der Waals surface area contributed by atoms with Gasteiger partial charge in [0, 0.05) is 13.1 Å². The number of β-amino-alcohol motifs (C(OH)–C–C–N with tert-alkyl or cyclic N) is 1. The monoisotopic (exact) mass is 342 g/mol. The highest BCUT2D eigenvalue weighted by Gasteiger charge is 2.36. The molecule has 6 heteroatoms. The average Bonchev–Trinajstić information content (AvgIpc) is 2.58. The van der Waals surface area contributed by atoms with Crippen molar-refractivity contribution in [2.45, 2.75) is 24.9 Å². The topological polar surface area (TPSA) is 92.9 Å². The molecular weight excluding hydrogens is 320 g/mol. The zero-order valence-corrected chi connectivity index (χ0v) is 14.0. The minimum atomic E-state index is -1.23. The van der Waals surface area contributed by atoms with Crippen LogP contribution in [0.3, 0.4) is 0 Å². The number of piperidine rings is 1. The lowest BCUT2D eigenvalue weighted by Crippen LogP contribution is -2.52. The summed E-state index contributed by atoms with van der Waals surface area (Å²) in [5, 5.41) is 12.6. The van der Waals surface area contributed by atoms with Crippen molar-refractivity contribution in [2.24, 2.45) is 5.73 Å². The zero-order valence-electron chi connectivity index (χ0n) is 14.0. The Morgan fingerprint density at radius 1 is 1.20 bits per heavy atom. The van der Waals surface area contributed by atoms with Crippen LogP contribution in [0.25, 0.3) is 10.8 Å². The normalized spacial score (nSPS) is 20.4. The van der Waals surface area contributed by atoms with Gasteiger partial charge >= 0.3 is 0 Å². The van der Waals surface area contributed by atoms with E-state index in [1.54, 1.807) is 0 Å². The molecule has 2 aromatic rings. The van der Waals surface area contributed by atoms with Crippen LogP contribution in [0, 0.1) is 0 Å². The Labute approximate surface area is 146 Å². The number of nitrogens with two attached hydrogens (primary N) is 1. The summed E-state index contributed by atoms with van der Waals surface area (Å²) in [5.74, 6) is -0.156. The van der Waals surface area contributed by atoms with Crippen LogP contribution in [-0.2, 0) is 9.59 Å². The Balaban J connectivity index is 1.60. The number of carbonyl (C=O) groups excluding carboxylic acids is 2. The summed E-state index contributed by atoms with van der Waals surface area (Å²) in [4.78, 5) is 25.0. The lowest BCUT2D eigenvalue weighted by molar-refractivity contribution is -0.143. The van der Waals surface area contributed by atoms with E-state index in [4.69, 9.17) is 10.5 Å². The number of benzene rings is 2. The van der Waals surface area contributed by atoms with Crippen molar-refractivity contribution in [3.05, 3.63) is 42.5 Å². The lowest BCUT2D eigenvalue weighted by Gasteiger charge is -2.38. The standard InChI is InChI=1S/C19H22N2O4/c20-17(22)11-19(24)8-3-9-21(13-19)18(23)12-25-16-7-6-14-4-1-2-5-15(14)10-16/h1-2,4-7,10,24H,3,8-9,11-13H2,(H2,20,22). The van der Waals surface area contributed by atoms with E-state index in [1.807, 2.05) is 42.5 Å². The third kappa shape index (κ3) is 4.28. The van der Waals surface area contributed by atoms with Gasteiger partial charge in [-0.2, -0.15) is 0 Å². The first-order chi connectivity index (χ1) is 12.0. The Morgan fingerprint density at radius 3 is 2.72 bits per heavy atom. The number of primary amides is 1. The van der Waals surface area contributed by atoms with Gasteiger partial charge in [0.15, 0.2) is 6.61 Å². The molecule has 1 aliphatic rings. The fourth-order valence-electron chi connectivity index (χ4n) is 3.29. The van der Waals surface area contributed by atoms with Gasteiger partial charge in [-0.3, -0.25) is 9.59 Å². The molecule has 0 spiro atoms. The Hall–Kier alpha value is -2.60. The molecule has 0 aromatic heterocycles. The Kier molecular flexibility index (Phi) is 4.90. The maximum atomic E-state index is 12.4. The quantitative estimate of drug-likeness (QED) is 0.860. The molecule has 0 bridgehead atoms.